The van der Waals surface area contributed by atoms with E-state index in [0.717, 1.165) is 21.2 Å². The predicted molar refractivity (Wildman–Crippen MR) is 107 cm³/mol. The van der Waals surface area contributed by atoms with Gasteiger partial charge in [0.15, 0.2) is 11.5 Å². The molecule has 0 atom stereocenters. The summed E-state index contributed by atoms with van der Waals surface area (Å²) in [5.41, 5.74) is 2.51. The van der Waals surface area contributed by atoms with Crippen molar-refractivity contribution >= 4 is 31.6 Å². The van der Waals surface area contributed by atoms with E-state index >= 15 is 0 Å². The molecular weight excluding hydrogens is 384 g/mol. The minimum absolute atomic E-state index is 0.0295. The van der Waals surface area contributed by atoms with Gasteiger partial charge >= 0.3 is 0 Å². The number of hydrogen-bond donors (Lipinski definition) is 1. The van der Waals surface area contributed by atoms with E-state index in [1.807, 2.05) is 24.3 Å². The highest BCUT2D eigenvalue weighted by Crippen LogP contribution is 2.41. The van der Waals surface area contributed by atoms with Gasteiger partial charge in [-0.05, 0) is 29.1 Å². The molecule has 2 aromatic carbocycles. The summed E-state index contributed by atoms with van der Waals surface area (Å²) >= 11 is 1.64. The molecule has 4 rings (SSSR count). The standard InChI is InChI=1S/C19H20N2O4S2/c1-20(2)27(23,24)21-7-8-25-19-14(11-21)9-13(10-17(19)22)16-12-26-18-6-4-3-5-15(16)18/h3-6,9-10,12,22H,7-8,11H2,1-2H3. The zero-order valence-corrected chi connectivity index (χ0v) is 16.7. The number of ether oxygens (including phenoxy) is 1. The van der Waals surface area contributed by atoms with Crippen LogP contribution in [0.5, 0.6) is 11.5 Å². The molecule has 8 heteroatoms. The molecule has 0 radical (unpaired) electrons. The molecule has 142 valence electrons. The van der Waals surface area contributed by atoms with Gasteiger partial charge in [-0.15, -0.1) is 11.3 Å². The van der Waals surface area contributed by atoms with Gasteiger partial charge in [-0.25, -0.2) is 0 Å². The van der Waals surface area contributed by atoms with Crippen LogP contribution in [0.1, 0.15) is 5.56 Å². The highest BCUT2D eigenvalue weighted by atomic mass is 32.2. The molecule has 2 heterocycles. The van der Waals surface area contributed by atoms with Crippen molar-refractivity contribution in [3.8, 4) is 22.6 Å². The molecule has 0 fully saturated rings. The number of aromatic hydroxyl groups is 1. The maximum absolute atomic E-state index is 12.6. The highest BCUT2D eigenvalue weighted by Gasteiger charge is 2.29. The van der Waals surface area contributed by atoms with Crippen LogP contribution >= 0.6 is 11.3 Å². The van der Waals surface area contributed by atoms with Crippen LogP contribution in [-0.4, -0.2) is 49.4 Å². The SMILES string of the molecule is CN(C)S(=O)(=O)N1CCOc2c(O)cc(-c3csc4ccccc34)cc2C1. The summed E-state index contributed by atoms with van der Waals surface area (Å²) < 4.78 is 34.5. The van der Waals surface area contributed by atoms with Crippen LogP contribution < -0.4 is 4.74 Å². The summed E-state index contributed by atoms with van der Waals surface area (Å²) in [5, 5.41) is 13.7. The summed E-state index contributed by atoms with van der Waals surface area (Å²) in [4.78, 5) is 0. The fourth-order valence-electron chi connectivity index (χ4n) is 3.26. The zero-order valence-electron chi connectivity index (χ0n) is 15.0. The van der Waals surface area contributed by atoms with Gasteiger partial charge in [0.2, 0.25) is 0 Å². The molecule has 3 aromatic rings. The second kappa shape index (κ2) is 6.79. The predicted octanol–water partition coefficient (Wildman–Crippen LogP) is 3.27. The van der Waals surface area contributed by atoms with E-state index < -0.39 is 10.2 Å². The first-order chi connectivity index (χ1) is 12.9. The lowest BCUT2D eigenvalue weighted by atomic mass is 10.0. The summed E-state index contributed by atoms with van der Waals surface area (Å²) in [5.74, 6) is 0.386. The Morgan fingerprint density at radius 3 is 2.78 bits per heavy atom. The maximum Gasteiger partial charge on any atom is 0.281 e. The Labute approximate surface area is 162 Å². The van der Waals surface area contributed by atoms with Gasteiger partial charge in [0.1, 0.15) is 6.61 Å². The Bertz CT molecular complexity index is 1110. The lowest BCUT2D eigenvalue weighted by molar-refractivity contribution is 0.277. The normalized spacial score (nSPS) is 15.5. The Hall–Kier alpha value is -2.13. The van der Waals surface area contributed by atoms with Crippen molar-refractivity contribution < 1.29 is 18.3 Å². The van der Waals surface area contributed by atoms with Crippen LogP contribution in [0.25, 0.3) is 21.2 Å². The molecule has 1 aromatic heterocycles. The van der Waals surface area contributed by atoms with E-state index in [-0.39, 0.29) is 25.4 Å². The Balaban J connectivity index is 1.81. The van der Waals surface area contributed by atoms with Gasteiger partial charge in [-0.3, -0.25) is 0 Å². The van der Waals surface area contributed by atoms with Crippen LogP contribution in [0, 0.1) is 0 Å². The molecule has 0 unspecified atom stereocenters. The lowest BCUT2D eigenvalue weighted by Crippen LogP contribution is -2.40. The summed E-state index contributed by atoms with van der Waals surface area (Å²) in [6.45, 7) is 0.568. The number of phenolic OH excluding ortho intramolecular Hbond substituents is 1. The van der Waals surface area contributed by atoms with Gasteiger partial charge in [0, 0.05) is 48.4 Å². The summed E-state index contributed by atoms with van der Waals surface area (Å²) in [6, 6.07) is 11.7. The second-order valence-electron chi connectivity index (χ2n) is 6.60. The van der Waals surface area contributed by atoms with Gasteiger partial charge in [-0.1, -0.05) is 18.2 Å². The van der Waals surface area contributed by atoms with Crippen molar-refractivity contribution in [1.29, 1.82) is 0 Å². The van der Waals surface area contributed by atoms with E-state index in [9.17, 15) is 13.5 Å². The monoisotopic (exact) mass is 404 g/mol. The number of fused-ring (bicyclic) bond motifs is 2. The Morgan fingerprint density at radius 2 is 2.00 bits per heavy atom. The first-order valence-corrected chi connectivity index (χ1v) is 10.8. The third-order valence-electron chi connectivity index (χ3n) is 4.66. The lowest BCUT2D eigenvalue weighted by Gasteiger charge is -2.23. The number of thiophene rings is 1. The quantitative estimate of drug-likeness (QED) is 0.727. The number of rotatable bonds is 3. The van der Waals surface area contributed by atoms with E-state index in [4.69, 9.17) is 4.74 Å². The average molecular weight is 405 g/mol. The van der Waals surface area contributed by atoms with Gasteiger partial charge in [0.05, 0.1) is 0 Å². The third-order valence-corrected chi connectivity index (χ3v) is 7.51. The molecule has 0 saturated heterocycles. The molecule has 1 N–H and O–H groups in total. The van der Waals surface area contributed by atoms with Gasteiger partial charge in [0.25, 0.3) is 10.2 Å². The van der Waals surface area contributed by atoms with Crippen LogP contribution in [0.4, 0.5) is 0 Å². The average Bonchev–Trinajstić information content (AvgIpc) is 2.93. The molecule has 0 amide bonds. The van der Waals surface area contributed by atoms with Crippen LogP contribution in [0.2, 0.25) is 0 Å². The van der Waals surface area contributed by atoms with E-state index in [0.29, 0.717) is 11.3 Å². The Kier molecular flexibility index (Phi) is 4.59. The smallest absolute Gasteiger partial charge is 0.281 e. The molecule has 0 spiro atoms. The number of phenols is 1. The molecule has 0 saturated carbocycles. The van der Waals surface area contributed by atoms with Gasteiger partial charge in [-0.2, -0.15) is 17.0 Å². The molecule has 0 aliphatic carbocycles. The number of hydrogen-bond acceptors (Lipinski definition) is 5. The first kappa shape index (κ1) is 18.2. The van der Waals surface area contributed by atoms with Crippen LogP contribution in [0.3, 0.4) is 0 Å². The fourth-order valence-corrected chi connectivity index (χ4v) is 5.30. The second-order valence-corrected chi connectivity index (χ2v) is 9.65. The molecule has 1 aliphatic heterocycles. The van der Waals surface area contributed by atoms with Crippen molar-refractivity contribution in [3.63, 3.8) is 0 Å². The van der Waals surface area contributed by atoms with E-state index in [1.165, 1.54) is 22.7 Å². The molecule has 0 bridgehead atoms. The van der Waals surface area contributed by atoms with Crippen molar-refractivity contribution in [2.45, 2.75) is 6.54 Å². The topological polar surface area (TPSA) is 70.1 Å². The van der Waals surface area contributed by atoms with Crippen molar-refractivity contribution in [2.24, 2.45) is 0 Å². The minimum atomic E-state index is -3.57. The van der Waals surface area contributed by atoms with Gasteiger partial charge < -0.3 is 9.84 Å². The van der Waals surface area contributed by atoms with Crippen molar-refractivity contribution in [1.82, 2.24) is 8.61 Å². The minimum Gasteiger partial charge on any atom is -0.504 e. The van der Waals surface area contributed by atoms with Crippen molar-refractivity contribution in [2.75, 3.05) is 27.2 Å². The molecule has 1 aliphatic rings. The maximum atomic E-state index is 12.6. The number of nitrogens with zero attached hydrogens (tertiary/aromatic N) is 2. The van der Waals surface area contributed by atoms with Crippen LogP contribution in [0.15, 0.2) is 41.8 Å². The largest absolute Gasteiger partial charge is 0.504 e. The van der Waals surface area contributed by atoms with E-state index in [1.54, 1.807) is 17.4 Å². The van der Waals surface area contributed by atoms with Crippen molar-refractivity contribution in [3.05, 3.63) is 47.3 Å². The number of benzene rings is 2. The first-order valence-electron chi connectivity index (χ1n) is 8.51. The fraction of sp³-hybridized carbons (Fsp3) is 0.263. The summed E-state index contributed by atoms with van der Waals surface area (Å²) in [7, 11) is -0.558. The van der Waals surface area contributed by atoms with E-state index in [2.05, 4.69) is 11.4 Å². The summed E-state index contributed by atoms with van der Waals surface area (Å²) in [6.07, 6.45) is 0. The molecular formula is C19H20N2O4S2. The van der Waals surface area contributed by atoms with Crippen LogP contribution in [-0.2, 0) is 16.8 Å². The highest BCUT2D eigenvalue weighted by molar-refractivity contribution is 7.86. The molecule has 27 heavy (non-hydrogen) atoms. The third kappa shape index (κ3) is 3.19. The zero-order chi connectivity index (χ0) is 19.2. The Morgan fingerprint density at radius 1 is 1.22 bits per heavy atom. The molecule has 6 nitrogen and oxygen atoms in total.